The van der Waals surface area contributed by atoms with E-state index in [2.05, 4.69) is 33.2 Å². The molecule has 0 aliphatic rings. The van der Waals surface area contributed by atoms with Gasteiger partial charge in [-0.15, -0.1) is 26.3 Å². The first kappa shape index (κ1) is 30.3. The van der Waals surface area contributed by atoms with Gasteiger partial charge in [0.2, 0.25) is 0 Å². The lowest BCUT2D eigenvalue weighted by Crippen LogP contribution is -1.36. The van der Waals surface area contributed by atoms with Crippen LogP contribution < -0.4 is 0 Å². The zero-order chi connectivity index (χ0) is 10.1. The van der Waals surface area contributed by atoms with Gasteiger partial charge >= 0.3 is 0 Å². The SMILES string of the molecule is C.C=C.C=CC.C=CCC.CC. The van der Waals surface area contributed by atoms with Crippen LogP contribution in [-0.2, 0) is 0 Å². The Balaban J connectivity index is -0.0000000186. The summed E-state index contributed by atoms with van der Waals surface area (Å²) in [6, 6.07) is 0. The van der Waals surface area contributed by atoms with Crippen LogP contribution in [0.1, 0.15) is 41.5 Å². The van der Waals surface area contributed by atoms with Gasteiger partial charge in [-0.25, -0.2) is 0 Å². The Bertz CT molecular complexity index is 44.0. The molecule has 0 heteroatoms. The van der Waals surface area contributed by atoms with E-state index in [1.807, 2.05) is 26.8 Å². The average molecular weight is 172 g/mol. The summed E-state index contributed by atoms with van der Waals surface area (Å²) in [6.45, 7) is 20.8. The van der Waals surface area contributed by atoms with E-state index in [-0.39, 0.29) is 7.43 Å². The Labute approximate surface area is 80.7 Å². The summed E-state index contributed by atoms with van der Waals surface area (Å²) in [7, 11) is 0. The zero-order valence-corrected chi connectivity index (χ0v) is 8.69. The first-order chi connectivity index (χ1) is 5.33. The number of allylic oxidation sites excluding steroid dienone is 2. The van der Waals surface area contributed by atoms with E-state index in [4.69, 9.17) is 0 Å². The first-order valence-corrected chi connectivity index (χ1v) is 4.01. The molecule has 0 atom stereocenters. The Hall–Kier alpha value is -0.780. The second kappa shape index (κ2) is 176. The molecule has 76 valence electrons. The zero-order valence-electron chi connectivity index (χ0n) is 8.69. The second-order valence-electron chi connectivity index (χ2n) is 1.11. The fraction of sp³-hybridized carbons (Fsp3) is 0.500. The van der Waals surface area contributed by atoms with Crippen LogP contribution in [0.15, 0.2) is 38.5 Å². The molecule has 0 saturated heterocycles. The molecule has 0 aromatic rings. The predicted molar refractivity (Wildman–Crippen MR) is 65.7 cm³/mol. The fourth-order valence-corrected chi connectivity index (χ4v) is 0. The molecule has 0 nitrogen and oxygen atoms in total. The van der Waals surface area contributed by atoms with Crippen LogP contribution in [0.5, 0.6) is 0 Å². The lowest BCUT2D eigenvalue weighted by molar-refractivity contribution is 1.23. The molecule has 0 unspecified atom stereocenters. The summed E-state index contributed by atoms with van der Waals surface area (Å²) in [5.74, 6) is 0. The minimum Gasteiger partial charge on any atom is -0.106 e. The van der Waals surface area contributed by atoms with Gasteiger partial charge < -0.3 is 0 Å². The maximum absolute atomic E-state index is 3.48. The third kappa shape index (κ3) is 12900. The van der Waals surface area contributed by atoms with Gasteiger partial charge in [-0.1, -0.05) is 40.3 Å². The lowest BCUT2D eigenvalue weighted by atomic mass is 10.5. The average Bonchev–Trinajstić information content (AvgIpc) is 2.12. The molecule has 0 spiro atoms. The molecule has 0 heterocycles. The highest BCUT2D eigenvalue weighted by molar-refractivity contribution is 4.60. The van der Waals surface area contributed by atoms with Crippen LogP contribution in [0.3, 0.4) is 0 Å². The van der Waals surface area contributed by atoms with Crippen LogP contribution in [-0.4, -0.2) is 0 Å². The lowest BCUT2D eigenvalue weighted by Gasteiger charge is -1.57. The molecule has 0 aromatic heterocycles. The monoisotopic (exact) mass is 172 g/mol. The van der Waals surface area contributed by atoms with Crippen molar-refractivity contribution in [1.29, 1.82) is 0 Å². The number of hydrogen-bond donors (Lipinski definition) is 0. The minimum atomic E-state index is 0. The van der Waals surface area contributed by atoms with Gasteiger partial charge in [0, 0.05) is 0 Å². The maximum Gasteiger partial charge on any atom is -0.0382 e. The van der Waals surface area contributed by atoms with Gasteiger partial charge in [0.05, 0.1) is 0 Å². The maximum atomic E-state index is 3.48. The summed E-state index contributed by atoms with van der Waals surface area (Å²) in [6.07, 6.45) is 4.71. The molecular weight excluding hydrogens is 144 g/mol. The van der Waals surface area contributed by atoms with Gasteiger partial charge in [0.25, 0.3) is 0 Å². The van der Waals surface area contributed by atoms with Crippen LogP contribution in [0.4, 0.5) is 0 Å². The van der Waals surface area contributed by atoms with Gasteiger partial charge in [-0.3, -0.25) is 0 Å². The van der Waals surface area contributed by atoms with E-state index < -0.39 is 0 Å². The second-order valence-corrected chi connectivity index (χ2v) is 1.11. The largest absolute Gasteiger partial charge is 0.106 e. The van der Waals surface area contributed by atoms with E-state index >= 15 is 0 Å². The van der Waals surface area contributed by atoms with Crippen molar-refractivity contribution >= 4 is 0 Å². The first-order valence-electron chi connectivity index (χ1n) is 4.01. The van der Waals surface area contributed by atoms with Gasteiger partial charge in [0.15, 0.2) is 0 Å². The Morgan fingerprint density at radius 1 is 1.08 bits per heavy atom. The van der Waals surface area contributed by atoms with Gasteiger partial charge in [0.1, 0.15) is 0 Å². The smallest absolute Gasteiger partial charge is 0.0382 e. The van der Waals surface area contributed by atoms with E-state index in [0.29, 0.717) is 0 Å². The predicted octanol–water partition coefficient (Wildman–Crippen LogP) is 5.24. The van der Waals surface area contributed by atoms with Crippen molar-refractivity contribution in [2.45, 2.75) is 41.5 Å². The van der Waals surface area contributed by atoms with Crippen molar-refractivity contribution in [2.75, 3.05) is 0 Å². The van der Waals surface area contributed by atoms with Gasteiger partial charge in [-0.05, 0) is 13.3 Å². The topological polar surface area (TPSA) is 0 Å². The molecule has 0 aliphatic carbocycles. The van der Waals surface area contributed by atoms with Crippen LogP contribution in [0.2, 0.25) is 0 Å². The van der Waals surface area contributed by atoms with Crippen molar-refractivity contribution in [2.24, 2.45) is 0 Å². The molecule has 0 rings (SSSR count). The van der Waals surface area contributed by atoms with E-state index in [9.17, 15) is 0 Å². The summed E-state index contributed by atoms with van der Waals surface area (Å²) < 4.78 is 0. The highest BCUT2D eigenvalue weighted by Crippen LogP contribution is 1.66. The molecule has 12 heavy (non-hydrogen) atoms. The summed E-state index contributed by atoms with van der Waals surface area (Å²) >= 11 is 0. The van der Waals surface area contributed by atoms with Gasteiger partial charge in [-0.2, -0.15) is 0 Å². The molecule has 0 amide bonds. The van der Waals surface area contributed by atoms with Crippen molar-refractivity contribution in [3.8, 4) is 0 Å². The number of hydrogen-bond acceptors (Lipinski definition) is 0. The van der Waals surface area contributed by atoms with Crippen molar-refractivity contribution in [3.63, 3.8) is 0 Å². The molecule has 0 aliphatic heterocycles. The van der Waals surface area contributed by atoms with E-state index in [0.717, 1.165) is 6.42 Å². The normalized spacial score (nSPS) is 4.00. The minimum absolute atomic E-state index is 0. The third-order valence-electron chi connectivity index (χ3n) is 0.289. The molecule has 0 N–H and O–H groups in total. The van der Waals surface area contributed by atoms with Crippen LogP contribution >= 0.6 is 0 Å². The molecule has 0 radical (unpaired) electrons. The van der Waals surface area contributed by atoms with Crippen LogP contribution in [0.25, 0.3) is 0 Å². The molecule has 0 bridgehead atoms. The molecule has 0 fully saturated rings. The highest BCUT2D eigenvalue weighted by atomic mass is 13.5. The summed E-state index contributed by atoms with van der Waals surface area (Å²) in [5.41, 5.74) is 0. The Kier molecular flexibility index (Phi) is 445. The fourth-order valence-electron chi connectivity index (χ4n) is 0. The molecule has 0 saturated carbocycles. The van der Waals surface area contributed by atoms with Crippen molar-refractivity contribution in [3.05, 3.63) is 38.5 Å². The third-order valence-corrected chi connectivity index (χ3v) is 0.289. The summed E-state index contributed by atoms with van der Waals surface area (Å²) in [4.78, 5) is 0. The van der Waals surface area contributed by atoms with E-state index in [1.165, 1.54) is 0 Å². The molecular formula is C12H28. The molecule has 0 aromatic carbocycles. The Morgan fingerprint density at radius 3 is 1.17 bits per heavy atom. The summed E-state index contributed by atoms with van der Waals surface area (Å²) in [5, 5.41) is 0. The van der Waals surface area contributed by atoms with E-state index in [1.54, 1.807) is 6.08 Å². The van der Waals surface area contributed by atoms with Crippen molar-refractivity contribution < 1.29 is 0 Å². The van der Waals surface area contributed by atoms with Crippen LogP contribution in [0, 0.1) is 0 Å². The highest BCUT2D eigenvalue weighted by Gasteiger charge is 1.45. The standard InChI is InChI=1S/C4H8.C3H6.C2H6.C2H4.CH4/c1-3-4-2;1-3-2;2*1-2;/h3H,1,4H2,2H3;3H,1H2,2H3;1-2H3;1-2H2;1H4. The number of rotatable bonds is 1. The van der Waals surface area contributed by atoms with Crippen molar-refractivity contribution in [1.82, 2.24) is 0 Å². The quantitative estimate of drug-likeness (QED) is 0.474. The Morgan fingerprint density at radius 2 is 1.17 bits per heavy atom.